The van der Waals surface area contributed by atoms with E-state index in [1.165, 1.54) is 4.88 Å². The Hall–Kier alpha value is -1.86. The molecule has 1 aromatic heterocycles. The van der Waals surface area contributed by atoms with Crippen LogP contribution in [0.5, 0.6) is 0 Å². The maximum atomic E-state index is 9.01. The summed E-state index contributed by atoms with van der Waals surface area (Å²) in [7, 11) is 1.98. The average molecular weight is 229 g/mol. The summed E-state index contributed by atoms with van der Waals surface area (Å²) >= 11 is 1.62. The summed E-state index contributed by atoms with van der Waals surface area (Å²) in [5.74, 6) is 0. The van der Waals surface area contributed by atoms with E-state index in [0.717, 1.165) is 12.2 Å². The maximum absolute atomic E-state index is 9.01. The fourth-order valence-electron chi connectivity index (χ4n) is 1.54. The van der Waals surface area contributed by atoms with Crippen molar-refractivity contribution < 1.29 is 0 Å². The molecule has 0 fully saturated rings. The Morgan fingerprint density at radius 2 is 2.25 bits per heavy atom. The third-order valence-corrected chi connectivity index (χ3v) is 3.08. The quantitative estimate of drug-likeness (QED) is 0.812. The molecular formula is C12H11N3S. The highest BCUT2D eigenvalue weighted by Gasteiger charge is 2.07. The number of thiazole rings is 1. The lowest BCUT2D eigenvalue weighted by Gasteiger charge is -2.19. The number of aromatic nitrogens is 1. The van der Waals surface area contributed by atoms with Gasteiger partial charge in [0.05, 0.1) is 23.3 Å². The first-order valence-corrected chi connectivity index (χ1v) is 5.77. The van der Waals surface area contributed by atoms with E-state index in [2.05, 4.69) is 16.0 Å². The fourth-order valence-corrected chi connectivity index (χ4v) is 2.19. The van der Waals surface area contributed by atoms with Crippen LogP contribution in [0.4, 0.5) is 5.69 Å². The molecular weight excluding hydrogens is 218 g/mol. The van der Waals surface area contributed by atoms with Crippen molar-refractivity contribution in [1.82, 2.24) is 4.98 Å². The number of anilines is 1. The first-order chi connectivity index (χ1) is 7.81. The van der Waals surface area contributed by atoms with Gasteiger partial charge < -0.3 is 4.90 Å². The number of hydrogen-bond acceptors (Lipinski definition) is 4. The normalized spacial score (nSPS) is 9.75. The fraction of sp³-hybridized carbons (Fsp3) is 0.167. The van der Waals surface area contributed by atoms with E-state index >= 15 is 0 Å². The van der Waals surface area contributed by atoms with Gasteiger partial charge in [0.1, 0.15) is 6.07 Å². The van der Waals surface area contributed by atoms with Crippen LogP contribution >= 0.6 is 11.3 Å². The highest BCUT2D eigenvalue weighted by molar-refractivity contribution is 7.09. The lowest BCUT2D eigenvalue weighted by molar-refractivity contribution is 0.934. The minimum absolute atomic E-state index is 0.703. The van der Waals surface area contributed by atoms with Gasteiger partial charge in [0.2, 0.25) is 0 Å². The van der Waals surface area contributed by atoms with Gasteiger partial charge in [-0.25, -0.2) is 0 Å². The van der Waals surface area contributed by atoms with Gasteiger partial charge in [-0.3, -0.25) is 4.98 Å². The van der Waals surface area contributed by atoms with Crippen LogP contribution < -0.4 is 4.90 Å². The van der Waals surface area contributed by atoms with Crippen molar-refractivity contribution in [3.8, 4) is 6.07 Å². The zero-order valence-electron chi connectivity index (χ0n) is 8.92. The molecule has 1 aromatic carbocycles. The SMILES string of the molecule is CN(Cc1cncs1)c1ccccc1C#N. The van der Waals surface area contributed by atoms with Crippen molar-refractivity contribution in [2.75, 3.05) is 11.9 Å². The van der Waals surface area contributed by atoms with Crippen LogP contribution in [0.25, 0.3) is 0 Å². The lowest BCUT2D eigenvalue weighted by atomic mass is 10.2. The Bertz CT molecular complexity index is 499. The summed E-state index contributed by atoms with van der Waals surface area (Å²) in [4.78, 5) is 7.29. The van der Waals surface area contributed by atoms with Crippen LogP contribution in [0.1, 0.15) is 10.4 Å². The average Bonchev–Trinajstić information content (AvgIpc) is 2.81. The zero-order chi connectivity index (χ0) is 11.4. The number of nitrogens with zero attached hydrogens (tertiary/aromatic N) is 3. The molecule has 0 amide bonds. The van der Waals surface area contributed by atoms with E-state index in [1.807, 2.05) is 43.0 Å². The predicted octanol–water partition coefficient (Wildman–Crippen LogP) is 2.65. The molecule has 0 aliphatic heterocycles. The van der Waals surface area contributed by atoms with E-state index in [1.54, 1.807) is 11.3 Å². The van der Waals surface area contributed by atoms with E-state index in [9.17, 15) is 0 Å². The van der Waals surface area contributed by atoms with Gasteiger partial charge >= 0.3 is 0 Å². The minimum Gasteiger partial charge on any atom is -0.368 e. The molecule has 0 atom stereocenters. The van der Waals surface area contributed by atoms with Gasteiger partial charge in [-0.1, -0.05) is 12.1 Å². The Morgan fingerprint density at radius 1 is 1.44 bits per heavy atom. The number of para-hydroxylation sites is 1. The molecule has 0 radical (unpaired) electrons. The second-order valence-corrected chi connectivity index (χ2v) is 4.42. The highest BCUT2D eigenvalue weighted by Crippen LogP contribution is 2.20. The topological polar surface area (TPSA) is 39.9 Å². The monoisotopic (exact) mass is 229 g/mol. The Morgan fingerprint density at radius 3 is 2.94 bits per heavy atom. The molecule has 1 heterocycles. The van der Waals surface area contributed by atoms with E-state index in [4.69, 9.17) is 5.26 Å². The van der Waals surface area contributed by atoms with Crippen molar-refractivity contribution >= 4 is 17.0 Å². The van der Waals surface area contributed by atoms with Crippen molar-refractivity contribution in [3.05, 3.63) is 46.4 Å². The molecule has 3 nitrogen and oxygen atoms in total. The second kappa shape index (κ2) is 4.77. The Balaban J connectivity index is 2.21. The summed E-state index contributed by atoms with van der Waals surface area (Å²) in [6, 6.07) is 9.81. The smallest absolute Gasteiger partial charge is 0.101 e. The van der Waals surface area contributed by atoms with E-state index in [-0.39, 0.29) is 0 Å². The first-order valence-electron chi connectivity index (χ1n) is 4.89. The van der Waals surface area contributed by atoms with Crippen molar-refractivity contribution in [1.29, 1.82) is 5.26 Å². The molecule has 0 unspecified atom stereocenters. The molecule has 0 aliphatic carbocycles. The summed E-state index contributed by atoms with van der Waals surface area (Å²) in [6.45, 7) is 0.781. The molecule has 2 rings (SSSR count). The van der Waals surface area contributed by atoms with E-state index in [0.29, 0.717) is 5.56 Å². The summed E-state index contributed by atoms with van der Waals surface area (Å²) in [5.41, 5.74) is 3.48. The number of hydrogen-bond donors (Lipinski definition) is 0. The number of benzene rings is 1. The molecule has 16 heavy (non-hydrogen) atoms. The molecule has 0 saturated heterocycles. The third-order valence-electron chi connectivity index (χ3n) is 2.31. The number of rotatable bonds is 3. The van der Waals surface area contributed by atoms with Gasteiger partial charge in [-0.05, 0) is 12.1 Å². The largest absolute Gasteiger partial charge is 0.368 e. The third kappa shape index (κ3) is 2.20. The Kier molecular flexibility index (Phi) is 3.18. The summed E-state index contributed by atoms with van der Waals surface area (Å²) < 4.78 is 0. The first kappa shape index (κ1) is 10.7. The Labute approximate surface area is 98.6 Å². The zero-order valence-corrected chi connectivity index (χ0v) is 9.74. The maximum Gasteiger partial charge on any atom is 0.101 e. The van der Waals surface area contributed by atoms with Crippen LogP contribution in [-0.2, 0) is 6.54 Å². The predicted molar refractivity (Wildman–Crippen MR) is 65.4 cm³/mol. The molecule has 2 aromatic rings. The molecule has 4 heteroatoms. The lowest BCUT2D eigenvalue weighted by Crippen LogP contribution is -2.16. The van der Waals surface area contributed by atoms with Gasteiger partial charge in [-0.2, -0.15) is 5.26 Å². The number of nitriles is 1. The molecule has 0 bridgehead atoms. The van der Waals surface area contributed by atoms with Crippen molar-refractivity contribution in [2.24, 2.45) is 0 Å². The van der Waals surface area contributed by atoms with Crippen molar-refractivity contribution in [2.45, 2.75) is 6.54 Å². The highest BCUT2D eigenvalue weighted by atomic mass is 32.1. The van der Waals surface area contributed by atoms with Crippen LogP contribution in [0, 0.1) is 11.3 Å². The van der Waals surface area contributed by atoms with Crippen LogP contribution in [0.3, 0.4) is 0 Å². The van der Waals surface area contributed by atoms with Gasteiger partial charge in [0.15, 0.2) is 0 Å². The van der Waals surface area contributed by atoms with Crippen LogP contribution in [-0.4, -0.2) is 12.0 Å². The van der Waals surface area contributed by atoms with E-state index < -0.39 is 0 Å². The molecule has 0 saturated carbocycles. The molecule has 80 valence electrons. The minimum atomic E-state index is 0.703. The summed E-state index contributed by atoms with van der Waals surface area (Å²) in [5, 5.41) is 9.01. The standard InChI is InChI=1S/C12H11N3S/c1-15(8-11-7-14-9-16-11)12-5-3-2-4-10(12)6-13/h2-5,7,9H,8H2,1H3. The van der Waals surface area contributed by atoms with Gasteiger partial charge in [-0.15, -0.1) is 11.3 Å². The van der Waals surface area contributed by atoms with Crippen LogP contribution in [0.2, 0.25) is 0 Å². The second-order valence-electron chi connectivity index (χ2n) is 3.45. The summed E-state index contributed by atoms with van der Waals surface area (Å²) in [6.07, 6.45) is 1.86. The van der Waals surface area contributed by atoms with Crippen molar-refractivity contribution in [3.63, 3.8) is 0 Å². The van der Waals surface area contributed by atoms with Crippen LogP contribution in [0.15, 0.2) is 36.0 Å². The van der Waals surface area contributed by atoms with Gasteiger partial charge in [0.25, 0.3) is 0 Å². The molecule has 0 aliphatic rings. The molecule has 0 spiro atoms. The molecule has 0 N–H and O–H groups in total. The van der Waals surface area contributed by atoms with Gasteiger partial charge in [0, 0.05) is 18.1 Å².